The van der Waals surface area contributed by atoms with Crippen molar-refractivity contribution in [1.29, 1.82) is 0 Å². The van der Waals surface area contributed by atoms with Gasteiger partial charge in [0.15, 0.2) is 5.69 Å². The third-order valence-corrected chi connectivity index (χ3v) is 2.60. The Balaban J connectivity index is 2.45. The summed E-state index contributed by atoms with van der Waals surface area (Å²) in [5.74, 6) is 0.612. The van der Waals surface area contributed by atoms with Crippen molar-refractivity contribution in [3.05, 3.63) is 41.7 Å². The Morgan fingerprint density at radius 3 is 2.37 bits per heavy atom. The lowest BCUT2D eigenvalue weighted by atomic mass is 10.3. The number of nitrogens with zero attached hydrogens (tertiary/aromatic N) is 2. The number of nitrogens with two attached hydrogens (primary N) is 1. The van der Waals surface area contributed by atoms with Crippen molar-refractivity contribution in [2.45, 2.75) is 12.7 Å². The van der Waals surface area contributed by atoms with Gasteiger partial charge in [0.1, 0.15) is 5.75 Å². The molecule has 0 aliphatic carbocycles. The molecule has 0 aliphatic rings. The molecule has 0 saturated heterocycles. The third kappa shape index (κ3) is 2.70. The molecular formula is C12H12F3N3O. The molecule has 2 rings (SSSR count). The molecular weight excluding hydrogens is 259 g/mol. The Labute approximate surface area is 107 Å². The topological polar surface area (TPSA) is 53.1 Å². The maximum absolute atomic E-state index is 12.6. The first-order chi connectivity index (χ1) is 8.95. The summed E-state index contributed by atoms with van der Waals surface area (Å²) in [6, 6.07) is 7.47. The van der Waals surface area contributed by atoms with E-state index in [-0.39, 0.29) is 12.2 Å². The molecule has 4 nitrogen and oxygen atoms in total. The summed E-state index contributed by atoms with van der Waals surface area (Å²) in [5.41, 5.74) is 5.28. The quantitative estimate of drug-likeness (QED) is 0.932. The van der Waals surface area contributed by atoms with Gasteiger partial charge in [-0.15, -0.1) is 0 Å². The molecule has 7 heteroatoms. The van der Waals surface area contributed by atoms with E-state index in [0.717, 1.165) is 6.07 Å². The van der Waals surface area contributed by atoms with Gasteiger partial charge in [-0.1, -0.05) is 0 Å². The van der Waals surface area contributed by atoms with E-state index < -0.39 is 11.9 Å². The van der Waals surface area contributed by atoms with Crippen LogP contribution in [0.2, 0.25) is 0 Å². The zero-order chi connectivity index (χ0) is 14.0. The van der Waals surface area contributed by atoms with Crippen LogP contribution in [0.25, 0.3) is 5.69 Å². The fourth-order valence-electron chi connectivity index (χ4n) is 1.65. The van der Waals surface area contributed by atoms with Gasteiger partial charge in [0.2, 0.25) is 0 Å². The first-order valence-corrected chi connectivity index (χ1v) is 5.46. The maximum Gasteiger partial charge on any atom is 0.435 e. The number of ether oxygens (including phenoxy) is 1. The summed E-state index contributed by atoms with van der Waals surface area (Å²) in [4.78, 5) is 0. The van der Waals surface area contributed by atoms with Crippen LogP contribution in [0.15, 0.2) is 30.3 Å². The number of rotatable bonds is 3. The molecule has 2 aromatic rings. The highest BCUT2D eigenvalue weighted by Gasteiger charge is 2.34. The molecule has 1 aromatic heterocycles. The molecule has 102 valence electrons. The Hall–Kier alpha value is -2.02. The van der Waals surface area contributed by atoms with Crippen LogP contribution < -0.4 is 10.5 Å². The van der Waals surface area contributed by atoms with E-state index in [0.29, 0.717) is 11.4 Å². The molecule has 19 heavy (non-hydrogen) atoms. The summed E-state index contributed by atoms with van der Waals surface area (Å²) in [6.07, 6.45) is -4.48. The molecule has 1 aromatic carbocycles. The van der Waals surface area contributed by atoms with Crippen molar-refractivity contribution in [2.75, 3.05) is 7.11 Å². The van der Waals surface area contributed by atoms with Gasteiger partial charge in [-0.3, -0.25) is 0 Å². The number of alkyl halides is 3. The van der Waals surface area contributed by atoms with Crippen LogP contribution in [0.3, 0.4) is 0 Å². The van der Waals surface area contributed by atoms with Gasteiger partial charge in [0.05, 0.1) is 18.5 Å². The predicted molar refractivity (Wildman–Crippen MR) is 63.0 cm³/mol. The van der Waals surface area contributed by atoms with Crippen LogP contribution in [-0.2, 0) is 12.7 Å². The molecule has 0 aliphatic heterocycles. The lowest BCUT2D eigenvalue weighted by Crippen LogP contribution is -2.08. The van der Waals surface area contributed by atoms with E-state index in [4.69, 9.17) is 10.5 Å². The predicted octanol–water partition coefficient (Wildman–Crippen LogP) is 2.36. The highest BCUT2D eigenvalue weighted by molar-refractivity contribution is 5.38. The zero-order valence-corrected chi connectivity index (χ0v) is 10.1. The molecule has 0 unspecified atom stereocenters. The largest absolute Gasteiger partial charge is 0.497 e. The molecule has 1 heterocycles. The number of benzene rings is 1. The Morgan fingerprint density at radius 2 is 1.89 bits per heavy atom. The third-order valence-electron chi connectivity index (χ3n) is 2.60. The van der Waals surface area contributed by atoms with E-state index in [2.05, 4.69) is 5.10 Å². The van der Waals surface area contributed by atoms with E-state index in [1.54, 1.807) is 24.3 Å². The minimum absolute atomic E-state index is 0.0326. The van der Waals surface area contributed by atoms with Crippen LogP contribution in [0, 0.1) is 0 Å². The zero-order valence-electron chi connectivity index (χ0n) is 10.1. The van der Waals surface area contributed by atoms with Gasteiger partial charge in [0.25, 0.3) is 0 Å². The van der Waals surface area contributed by atoms with Gasteiger partial charge < -0.3 is 10.5 Å². The van der Waals surface area contributed by atoms with Gasteiger partial charge in [-0.05, 0) is 30.3 Å². The molecule has 0 spiro atoms. The fourth-order valence-corrected chi connectivity index (χ4v) is 1.65. The van der Waals surface area contributed by atoms with Crippen molar-refractivity contribution < 1.29 is 17.9 Å². The first kappa shape index (κ1) is 13.4. The number of hydrogen-bond acceptors (Lipinski definition) is 3. The fraction of sp³-hybridized carbons (Fsp3) is 0.250. The van der Waals surface area contributed by atoms with Crippen molar-refractivity contribution in [3.8, 4) is 11.4 Å². The van der Waals surface area contributed by atoms with Crippen molar-refractivity contribution in [2.24, 2.45) is 5.73 Å². The Kier molecular flexibility index (Phi) is 3.48. The average Bonchev–Trinajstić information content (AvgIpc) is 2.83. The second-order valence-corrected chi connectivity index (χ2v) is 3.83. The Bertz CT molecular complexity index is 561. The normalized spacial score (nSPS) is 11.6. The average molecular weight is 271 g/mol. The van der Waals surface area contributed by atoms with Crippen molar-refractivity contribution >= 4 is 0 Å². The number of methoxy groups -OCH3 is 1. The van der Waals surface area contributed by atoms with E-state index in [1.165, 1.54) is 11.8 Å². The SMILES string of the molecule is COc1ccc(-n2nc(C(F)(F)F)cc2CN)cc1. The highest BCUT2D eigenvalue weighted by Crippen LogP contribution is 2.29. The first-order valence-electron chi connectivity index (χ1n) is 5.46. The second-order valence-electron chi connectivity index (χ2n) is 3.83. The van der Waals surface area contributed by atoms with Crippen LogP contribution in [0.4, 0.5) is 13.2 Å². The molecule has 0 atom stereocenters. The van der Waals surface area contributed by atoms with Gasteiger partial charge in [-0.2, -0.15) is 18.3 Å². The monoisotopic (exact) mass is 271 g/mol. The van der Waals surface area contributed by atoms with Gasteiger partial charge in [0, 0.05) is 6.54 Å². The van der Waals surface area contributed by atoms with Crippen molar-refractivity contribution in [1.82, 2.24) is 9.78 Å². The summed E-state index contributed by atoms with van der Waals surface area (Å²) < 4.78 is 44.0. The second kappa shape index (κ2) is 4.93. The molecule has 0 fully saturated rings. The standard InChI is InChI=1S/C12H12F3N3O/c1-19-10-4-2-8(3-5-10)18-9(7-16)6-11(17-18)12(13,14)15/h2-6H,7,16H2,1H3. The number of aromatic nitrogens is 2. The van der Waals surface area contributed by atoms with E-state index in [1.807, 2.05) is 0 Å². The molecule has 0 saturated carbocycles. The number of hydrogen-bond donors (Lipinski definition) is 1. The van der Waals surface area contributed by atoms with Gasteiger partial charge >= 0.3 is 6.18 Å². The summed E-state index contributed by atoms with van der Waals surface area (Å²) >= 11 is 0. The lowest BCUT2D eigenvalue weighted by Gasteiger charge is -2.07. The highest BCUT2D eigenvalue weighted by atomic mass is 19.4. The molecule has 0 radical (unpaired) electrons. The van der Waals surface area contributed by atoms with Gasteiger partial charge in [-0.25, -0.2) is 4.68 Å². The van der Waals surface area contributed by atoms with Crippen LogP contribution >= 0.6 is 0 Å². The van der Waals surface area contributed by atoms with Crippen LogP contribution in [0.5, 0.6) is 5.75 Å². The van der Waals surface area contributed by atoms with E-state index >= 15 is 0 Å². The molecule has 0 bridgehead atoms. The van der Waals surface area contributed by atoms with Crippen molar-refractivity contribution in [3.63, 3.8) is 0 Å². The summed E-state index contributed by atoms with van der Waals surface area (Å²) in [6.45, 7) is -0.0326. The van der Waals surface area contributed by atoms with E-state index in [9.17, 15) is 13.2 Å². The smallest absolute Gasteiger partial charge is 0.435 e. The Morgan fingerprint density at radius 1 is 1.26 bits per heavy atom. The van der Waals surface area contributed by atoms with Crippen LogP contribution in [-0.4, -0.2) is 16.9 Å². The summed E-state index contributed by atoms with van der Waals surface area (Å²) in [7, 11) is 1.51. The minimum Gasteiger partial charge on any atom is -0.497 e. The molecule has 2 N–H and O–H groups in total. The van der Waals surface area contributed by atoms with Crippen LogP contribution in [0.1, 0.15) is 11.4 Å². The summed E-state index contributed by atoms with van der Waals surface area (Å²) in [5, 5.41) is 3.55. The molecule has 0 amide bonds. The maximum atomic E-state index is 12.6. The lowest BCUT2D eigenvalue weighted by molar-refractivity contribution is -0.141. The minimum atomic E-state index is -4.48. The number of halogens is 3.